The molecule has 1 heterocycles. The monoisotopic (exact) mass is 224 g/mol. The molecular formula is C15H12O2. The molecule has 0 spiro atoms. The number of para-hydroxylation sites is 1. The molecule has 0 aliphatic rings. The van der Waals surface area contributed by atoms with Gasteiger partial charge >= 0.3 is 0 Å². The minimum absolute atomic E-state index is 0.738. The van der Waals surface area contributed by atoms with Crippen LogP contribution in [-0.4, -0.2) is 6.29 Å². The number of rotatable bonds is 1. The van der Waals surface area contributed by atoms with Crippen LogP contribution >= 0.6 is 0 Å². The molecule has 0 amide bonds. The maximum Gasteiger partial charge on any atom is 0.150 e. The molecular weight excluding hydrogens is 212 g/mol. The van der Waals surface area contributed by atoms with Crippen LogP contribution in [-0.2, 0) is 0 Å². The Morgan fingerprint density at radius 2 is 1.94 bits per heavy atom. The molecule has 0 fully saturated rings. The van der Waals surface area contributed by atoms with E-state index in [1.54, 1.807) is 0 Å². The Bertz CT molecular complexity index is 735. The molecule has 0 unspecified atom stereocenters. The van der Waals surface area contributed by atoms with Crippen molar-refractivity contribution in [3.05, 3.63) is 47.0 Å². The molecule has 0 bridgehead atoms. The average Bonchev–Trinajstić information content (AvgIpc) is 2.73. The van der Waals surface area contributed by atoms with Crippen LogP contribution in [0.1, 0.15) is 21.5 Å². The molecule has 0 atom stereocenters. The standard InChI is InChI=1S/C15H12O2/c1-9-7-11(8-16)10(2)14-12-5-3-4-6-13(12)17-15(9)14/h3-8H,1-2H3. The summed E-state index contributed by atoms with van der Waals surface area (Å²) in [5.74, 6) is 0. The van der Waals surface area contributed by atoms with Gasteiger partial charge in [-0.15, -0.1) is 0 Å². The molecule has 2 aromatic carbocycles. The molecule has 17 heavy (non-hydrogen) atoms. The van der Waals surface area contributed by atoms with Gasteiger partial charge in [-0.25, -0.2) is 0 Å². The van der Waals surface area contributed by atoms with Gasteiger partial charge in [0, 0.05) is 16.3 Å². The molecule has 1 aromatic heterocycles. The van der Waals surface area contributed by atoms with E-state index in [1.807, 2.05) is 44.2 Å². The van der Waals surface area contributed by atoms with Crippen molar-refractivity contribution >= 4 is 28.2 Å². The van der Waals surface area contributed by atoms with Crippen molar-refractivity contribution in [1.29, 1.82) is 0 Å². The van der Waals surface area contributed by atoms with Crippen LogP contribution in [0.5, 0.6) is 0 Å². The third-order valence-corrected chi connectivity index (χ3v) is 3.26. The zero-order chi connectivity index (χ0) is 12.0. The van der Waals surface area contributed by atoms with E-state index in [0.29, 0.717) is 0 Å². The Labute approximate surface area is 98.8 Å². The Balaban J connectivity index is 2.62. The highest BCUT2D eigenvalue weighted by molar-refractivity contribution is 6.09. The van der Waals surface area contributed by atoms with Crippen molar-refractivity contribution in [1.82, 2.24) is 0 Å². The van der Waals surface area contributed by atoms with Gasteiger partial charge < -0.3 is 4.42 Å². The van der Waals surface area contributed by atoms with Gasteiger partial charge in [0.2, 0.25) is 0 Å². The summed E-state index contributed by atoms with van der Waals surface area (Å²) >= 11 is 0. The van der Waals surface area contributed by atoms with Gasteiger partial charge in [0.15, 0.2) is 0 Å². The van der Waals surface area contributed by atoms with Crippen LogP contribution in [0.4, 0.5) is 0 Å². The van der Waals surface area contributed by atoms with Gasteiger partial charge in [0.05, 0.1) is 0 Å². The van der Waals surface area contributed by atoms with E-state index in [1.165, 1.54) is 0 Å². The fourth-order valence-corrected chi connectivity index (χ4v) is 2.37. The number of fused-ring (bicyclic) bond motifs is 3. The fourth-order valence-electron chi connectivity index (χ4n) is 2.37. The van der Waals surface area contributed by atoms with Crippen LogP contribution in [0.25, 0.3) is 21.9 Å². The predicted molar refractivity (Wildman–Crippen MR) is 68.6 cm³/mol. The largest absolute Gasteiger partial charge is 0.456 e. The van der Waals surface area contributed by atoms with Crippen LogP contribution in [0.15, 0.2) is 34.7 Å². The smallest absolute Gasteiger partial charge is 0.150 e. The molecule has 0 radical (unpaired) electrons. The number of aldehydes is 1. The highest BCUT2D eigenvalue weighted by atomic mass is 16.3. The van der Waals surface area contributed by atoms with E-state index in [2.05, 4.69) is 0 Å². The molecule has 2 heteroatoms. The molecule has 0 aliphatic heterocycles. The number of aryl methyl sites for hydroxylation is 2. The first-order valence-corrected chi connectivity index (χ1v) is 5.59. The number of carbonyl (C=O) groups excluding carboxylic acids is 1. The van der Waals surface area contributed by atoms with E-state index in [4.69, 9.17) is 4.42 Å². The van der Waals surface area contributed by atoms with Crippen molar-refractivity contribution in [2.24, 2.45) is 0 Å². The average molecular weight is 224 g/mol. The number of carbonyl (C=O) groups is 1. The first-order valence-electron chi connectivity index (χ1n) is 5.59. The maximum absolute atomic E-state index is 11.1. The van der Waals surface area contributed by atoms with Crippen molar-refractivity contribution < 1.29 is 9.21 Å². The van der Waals surface area contributed by atoms with Gasteiger partial charge in [-0.05, 0) is 37.1 Å². The van der Waals surface area contributed by atoms with Gasteiger partial charge in [-0.2, -0.15) is 0 Å². The molecule has 2 nitrogen and oxygen atoms in total. The molecule has 0 saturated carbocycles. The summed E-state index contributed by atoms with van der Waals surface area (Å²) in [4.78, 5) is 11.1. The van der Waals surface area contributed by atoms with E-state index in [0.717, 1.165) is 44.9 Å². The fraction of sp³-hybridized carbons (Fsp3) is 0.133. The Kier molecular flexibility index (Phi) is 2.05. The SMILES string of the molecule is Cc1cc(C=O)c(C)c2c1oc1ccccc12. The zero-order valence-corrected chi connectivity index (χ0v) is 9.78. The molecule has 0 N–H and O–H groups in total. The number of benzene rings is 2. The third-order valence-electron chi connectivity index (χ3n) is 3.26. The van der Waals surface area contributed by atoms with Crippen LogP contribution in [0, 0.1) is 13.8 Å². The third kappa shape index (κ3) is 1.30. The molecule has 3 aromatic rings. The van der Waals surface area contributed by atoms with E-state index < -0.39 is 0 Å². The second-order valence-electron chi connectivity index (χ2n) is 4.33. The highest BCUT2D eigenvalue weighted by Crippen LogP contribution is 2.34. The minimum atomic E-state index is 0.738. The summed E-state index contributed by atoms with van der Waals surface area (Å²) in [6.07, 6.45) is 0.906. The van der Waals surface area contributed by atoms with Crippen molar-refractivity contribution in [3.63, 3.8) is 0 Å². The Hall–Kier alpha value is -2.09. The molecule has 84 valence electrons. The molecule has 0 saturated heterocycles. The summed E-state index contributed by atoms with van der Waals surface area (Å²) in [6.45, 7) is 3.94. The van der Waals surface area contributed by atoms with E-state index in [9.17, 15) is 4.79 Å². The van der Waals surface area contributed by atoms with Crippen molar-refractivity contribution in [3.8, 4) is 0 Å². The summed E-state index contributed by atoms with van der Waals surface area (Å²) in [7, 11) is 0. The van der Waals surface area contributed by atoms with Gasteiger partial charge in [0.25, 0.3) is 0 Å². The minimum Gasteiger partial charge on any atom is -0.456 e. The summed E-state index contributed by atoms with van der Waals surface area (Å²) in [5.41, 5.74) is 4.49. The molecule has 3 rings (SSSR count). The molecule has 0 aliphatic carbocycles. The first kappa shape index (κ1) is 10.1. The summed E-state index contributed by atoms with van der Waals surface area (Å²) in [5, 5.41) is 2.13. The Morgan fingerprint density at radius 3 is 2.71 bits per heavy atom. The van der Waals surface area contributed by atoms with Crippen LogP contribution in [0.2, 0.25) is 0 Å². The normalized spacial score (nSPS) is 11.2. The maximum atomic E-state index is 11.1. The second-order valence-corrected chi connectivity index (χ2v) is 4.33. The van der Waals surface area contributed by atoms with Gasteiger partial charge in [0.1, 0.15) is 17.5 Å². The van der Waals surface area contributed by atoms with Crippen LogP contribution < -0.4 is 0 Å². The topological polar surface area (TPSA) is 30.2 Å². The van der Waals surface area contributed by atoms with Crippen molar-refractivity contribution in [2.45, 2.75) is 13.8 Å². The number of hydrogen-bond acceptors (Lipinski definition) is 2. The van der Waals surface area contributed by atoms with Crippen LogP contribution in [0.3, 0.4) is 0 Å². The van der Waals surface area contributed by atoms with Crippen molar-refractivity contribution in [2.75, 3.05) is 0 Å². The lowest BCUT2D eigenvalue weighted by atomic mass is 9.99. The lowest BCUT2D eigenvalue weighted by molar-refractivity contribution is 0.112. The quantitative estimate of drug-likeness (QED) is 0.584. The number of furan rings is 1. The highest BCUT2D eigenvalue weighted by Gasteiger charge is 2.13. The predicted octanol–water partition coefficient (Wildman–Crippen LogP) is 4.02. The van der Waals surface area contributed by atoms with Gasteiger partial charge in [-0.1, -0.05) is 18.2 Å². The van der Waals surface area contributed by atoms with E-state index >= 15 is 0 Å². The lowest BCUT2D eigenvalue weighted by Gasteiger charge is -2.02. The Morgan fingerprint density at radius 1 is 1.18 bits per heavy atom. The van der Waals surface area contributed by atoms with E-state index in [-0.39, 0.29) is 0 Å². The second kappa shape index (κ2) is 3.45. The zero-order valence-electron chi connectivity index (χ0n) is 9.78. The summed E-state index contributed by atoms with van der Waals surface area (Å²) < 4.78 is 5.85. The number of hydrogen-bond donors (Lipinski definition) is 0. The first-order chi connectivity index (χ1) is 8.22. The van der Waals surface area contributed by atoms with Gasteiger partial charge in [-0.3, -0.25) is 4.79 Å². The lowest BCUT2D eigenvalue weighted by Crippen LogP contribution is -1.89. The summed E-state index contributed by atoms with van der Waals surface area (Å²) in [6, 6.07) is 9.81.